The summed E-state index contributed by atoms with van der Waals surface area (Å²) in [6.07, 6.45) is 0. The molecule has 0 bridgehead atoms. The van der Waals surface area contributed by atoms with Gasteiger partial charge in [0.25, 0.3) is 5.69 Å². The Kier molecular flexibility index (Phi) is 6.08. The van der Waals surface area contributed by atoms with Crippen LogP contribution < -0.4 is 5.32 Å². The zero-order valence-electron chi connectivity index (χ0n) is 14.8. The lowest BCUT2D eigenvalue weighted by atomic mass is 10.1. The summed E-state index contributed by atoms with van der Waals surface area (Å²) in [5.41, 5.74) is 0.339. The van der Waals surface area contributed by atoms with Crippen molar-refractivity contribution in [1.82, 2.24) is 9.80 Å². The first-order chi connectivity index (χ1) is 11.8. The molecular formula is C17H24N4O4. The molecule has 1 aromatic carbocycles. The summed E-state index contributed by atoms with van der Waals surface area (Å²) >= 11 is 0. The number of non-ortho nitro benzene ring substituents is 1. The van der Waals surface area contributed by atoms with Crippen LogP contribution in [0.15, 0.2) is 24.3 Å². The van der Waals surface area contributed by atoms with Gasteiger partial charge in [-0.3, -0.25) is 24.6 Å². The van der Waals surface area contributed by atoms with Crippen LogP contribution in [0.5, 0.6) is 0 Å². The molecule has 0 saturated carbocycles. The van der Waals surface area contributed by atoms with E-state index in [4.69, 9.17) is 0 Å². The van der Waals surface area contributed by atoms with Gasteiger partial charge in [-0.05, 0) is 13.0 Å². The first kappa shape index (κ1) is 18.9. The molecule has 0 aromatic heterocycles. The summed E-state index contributed by atoms with van der Waals surface area (Å²) in [5, 5.41) is 13.5. The zero-order valence-corrected chi connectivity index (χ0v) is 14.8. The Morgan fingerprint density at radius 3 is 2.36 bits per heavy atom. The van der Waals surface area contributed by atoms with E-state index in [2.05, 4.69) is 5.32 Å². The highest BCUT2D eigenvalue weighted by Crippen LogP contribution is 2.18. The molecule has 2 rings (SSSR count). The van der Waals surface area contributed by atoms with E-state index in [9.17, 15) is 19.7 Å². The largest absolute Gasteiger partial charge is 0.340 e. The summed E-state index contributed by atoms with van der Waals surface area (Å²) in [6, 6.07) is 5.50. The first-order valence-electron chi connectivity index (χ1n) is 8.37. The second kappa shape index (κ2) is 8.06. The highest BCUT2D eigenvalue weighted by Gasteiger charge is 2.28. The number of amides is 2. The molecule has 1 aliphatic rings. The number of piperazine rings is 1. The molecule has 8 heteroatoms. The number of benzene rings is 1. The van der Waals surface area contributed by atoms with E-state index < -0.39 is 4.92 Å². The maximum absolute atomic E-state index is 12.4. The minimum atomic E-state index is -0.496. The third-order valence-corrected chi connectivity index (χ3v) is 4.37. The van der Waals surface area contributed by atoms with Crippen LogP contribution >= 0.6 is 0 Å². The highest BCUT2D eigenvalue weighted by atomic mass is 16.6. The van der Waals surface area contributed by atoms with E-state index in [1.54, 1.807) is 13.0 Å². The van der Waals surface area contributed by atoms with Gasteiger partial charge >= 0.3 is 0 Å². The Bertz CT molecular complexity index is 654. The Labute approximate surface area is 146 Å². The second-order valence-corrected chi connectivity index (χ2v) is 6.49. The molecule has 1 heterocycles. The van der Waals surface area contributed by atoms with Crippen molar-refractivity contribution in [2.24, 2.45) is 5.92 Å². The number of rotatable bonds is 5. The first-order valence-corrected chi connectivity index (χ1v) is 8.37. The van der Waals surface area contributed by atoms with Gasteiger partial charge in [0.05, 0.1) is 11.0 Å². The summed E-state index contributed by atoms with van der Waals surface area (Å²) in [4.78, 5) is 38.6. The van der Waals surface area contributed by atoms with E-state index in [-0.39, 0.29) is 29.5 Å². The molecule has 1 N–H and O–H groups in total. The number of hydrogen-bond acceptors (Lipinski definition) is 5. The average Bonchev–Trinajstić information content (AvgIpc) is 2.60. The number of nitro groups is 1. The van der Waals surface area contributed by atoms with Crippen molar-refractivity contribution in [2.75, 3.05) is 31.5 Å². The number of nitrogens with zero attached hydrogens (tertiary/aromatic N) is 3. The monoisotopic (exact) mass is 348 g/mol. The number of carbonyl (C=O) groups excluding carboxylic acids is 2. The van der Waals surface area contributed by atoms with Crippen LogP contribution in [-0.2, 0) is 9.59 Å². The van der Waals surface area contributed by atoms with Crippen LogP contribution in [0, 0.1) is 16.0 Å². The Morgan fingerprint density at radius 2 is 1.80 bits per heavy atom. The van der Waals surface area contributed by atoms with Crippen molar-refractivity contribution in [3.63, 3.8) is 0 Å². The van der Waals surface area contributed by atoms with Crippen molar-refractivity contribution in [3.05, 3.63) is 34.4 Å². The topological polar surface area (TPSA) is 95.8 Å². The normalized spacial score (nSPS) is 16.6. The van der Waals surface area contributed by atoms with Crippen LogP contribution in [0.3, 0.4) is 0 Å². The minimum Gasteiger partial charge on any atom is -0.340 e. The molecule has 0 aliphatic carbocycles. The van der Waals surface area contributed by atoms with Gasteiger partial charge in [0.2, 0.25) is 11.8 Å². The zero-order chi connectivity index (χ0) is 18.6. The Balaban J connectivity index is 1.92. The van der Waals surface area contributed by atoms with E-state index in [1.165, 1.54) is 18.2 Å². The molecule has 2 amide bonds. The molecule has 1 atom stereocenters. The van der Waals surface area contributed by atoms with Gasteiger partial charge in [-0.25, -0.2) is 0 Å². The van der Waals surface area contributed by atoms with Gasteiger partial charge in [0, 0.05) is 49.9 Å². The average molecular weight is 348 g/mol. The number of carbonyl (C=O) groups is 2. The molecule has 136 valence electrons. The Hall–Kier alpha value is -2.48. The molecule has 1 saturated heterocycles. The lowest BCUT2D eigenvalue weighted by Crippen LogP contribution is -2.54. The number of nitrogens with one attached hydrogen (secondary N) is 1. The van der Waals surface area contributed by atoms with Crippen LogP contribution in [0.25, 0.3) is 0 Å². The van der Waals surface area contributed by atoms with E-state index in [0.717, 1.165) is 0 Å². The third kappa shape index (κ3) is 4.76. The van der Waals surface area contributed by atoms with Crippen molar-refractivity contribution < 1.29 is 14.5 Å². The van der Waals surface area contributed by atoms with E-state index in [0.29, 0.717) is 31.9 Å². The summed E-state index contributed by atoms with van der Waals surface area (Å²) in [5.74, 6) is -0.112. The van der Waals surface area contributed by atoms with E-state index >= 15 is 0 Å². The lowest BCUT2D eigenvalue weighted by Gasteiger charge is -2.38. The van der Waals surface area contributed by atoms with Crippen LogP contribution in [-0.4, -0.2) is 58.8 Å². The van der Waals surface area contributed by atoms with Gasteiger partial charge < -0.3 is 10.2 Å². The van der Waals surface area contributed by atoms with Crippen molar-refractivity contribution >= 4 is 23.2 Å². The molecule has 1 fully saturated rings. The van der Waals surface area contributed by atoms with Gasteiger partial charge in [0.1, 0.15) is 0 Å². The second-order valence-electron chi connectivity index (χ2n) is 6.49. The van der Waals surface area contributed by atoms with E-state index in [1.807, 2.05) is 23.6 Å². The summed E-state index contributed by atoms with van der Waals surface area (Å²) in [6.45, 7) is 8.01. The molecular weight excluding hydrogens is 324 g/mol. The number of hydrogen-bond donors (Lipinski definition) is 1. The lowest BCUT2D eigenvalue weighted by molar-refractivity contribution is -0.384. The predicted octanol–water partition coefficient (Wildman–Crippen LogP) is 1.72. The summed E-state index contributed by atoms with van der Waals surface area (Å²) in [7, 11) is 0. The van der Waals surface area contributed by atoms with Crippen molar-refractivity contribution in [1.29, 1.82) is 0 Å². The van der Waals surface area contributed by atoms with Gasteiger partial charge in [-0.2, -0.15) is 0 Å². The Morgan fingerprint density at radius 1 is 1.16 bits per heavy atom. The number of anilines is 1. The molecule has 1 aromatic rings. The minimum absolute atomic E-state index is 0.0267. The quantitative estimate of drug-likeness (QED) is 0.646. The molecule has 25 heavy (non-hydrogen) atoms. The molecule has 1 unspecified atom stereocenters. The van der Waals surface area contributed by atoms with Gasteiger partial charge in [0.15, 0.2) is 0 Å². The van der Waals surface area contributed by atoms with Crippen molar-refractivity contribution in [2.45, 2.75) is 26.8 Å². The van der Waals surface area contributed by atoms with Gasteiger partial charge in [-0.15, -0.1) is 0 Å². The SMILES string of the molecule is CC(C)C(=O)N1CCN(C(C)C(=O)Nc2cccc([N+](=O)[O-])c2)CC1. The fourth-order valence-electron chi connectivity index (χ4n) is 2.80. The number of nitro benzene ring substituents is 1. The fraction of sp³-hybridized carbons (Fsp3) is 0.529. The predicted molar refractivity (Wildman–Crippen MR) is 94.2 cm³/mol. The molecule has 8 nitrogen and oxygen atoms in total. The third-order valence-electron chi connectivity index (χ3n) is 4.37. The summed E-state index contributed by atoms with van der Waals surface area (Å²) < 4.78 is 0. The van der Waals surface area contributed by atoms with Crippen LogP contribution in [0.4, 0.5) is 11.4 Å². The maximum Gasteiger partial charge on any atom is 0.271 e. The molecule has 1 aliphatic heterocycles. The fourth-order valence-corrected chi connectivity index (χ4v) is 2.80. The smallest absolute Gasteiger partial charge is 0.271 e. The highest BCUT2D eigenvalue weighted by molar-refractivity contribution is 5.94. The molecule has 0 radical (unpaired) electrons. The van der Waals surface area contributed by atoms with Gasteiger partial charge in [-0.1, -0.05) is 19.9 Å². The standard InChI is InChI=1S/C17H24N4O4/c1-12(2)17(23)20-9-7-19(8-10-20)13(3)16(22)18-14-5-4-6-15(11-14)21(24)25/h4-6,11-13H,7-10H2,1-3H3,(H,18,22). The van der Waals surface area contributed by atoms with Crippen LogP contribution in [0.1, 0.15) is 20.8 Å². The van der Waals surface area contributed by atoms with Crippen LogP contribution in [0.2, 0.25) is 0 Å². The molecule has 0 spiro atoms. The van der Waals surface area contributed by atoms with Crippen molar-refractivity contribution in [3.8, 4) is 0 Å². The maximum atomic E-state index is 12.4.